The first-order valence-electron chi connectivity index (χ1n) is 6.43. The Bertz CT molecular complexity index is 547. The van der Waals surface area contributed by atoms with Crippen LogP contribution in [0.25, 0.3) is 0 Å². The zero-order chi connectivity index (χ0) is 13.5. The monoisotopic (exact) mass is 253 g/mol. The van der Waals surface area contributed by atoms with E-state index in [0.29, 0.717) is 0 Å². The summed E-state index contributed by atoms with van der Waals surface area (Å²) in [6.45, 7) is 2.12. The van der Waals surface area contributed by atoms with E-state index < -0.39 is 0 Å². The Morgan fingerprint density at radius 3 is 2.42 bits per heavy atom. The number of para-hydroxylation sites is 1. The topological polar surface area (TPSA) is 50.4 Å². The van der Waals surface area contributed by atoms with Crippen molar-refractivity contribution < 1.29 is 0 Å². The SMILES string of the molecule is Cc1ccccc1CCC(=Nc1ccccc1)NN. The lowest BCUT2D eigenvalue weighted by atomic mass is 10.0. The normalized spacial score (nSPS) is 11.4. The zero-order valence-corrected chi connectivity index (χ0v) is 11.1. The van der Waals surface area contributed by atoms with Crippen molar-refractivity contribution in [2.24, 2.45) is 10.8 Å². The molecule has 0 heterocycles. The number of aliphatic imine (C=N–C) groups is 1. The molecule has 0 spiro atoms. The summed E-state index contributed by atoms with van der Waals surface area (Å²) < 4.78 is 0. The Balaban J connectivity index is 2.04. The van der Waals surface area contributed by atoms with Crippen molar-refractivity contribution in [3.05, 3.63) is 65.7 Å². The second kappa shape index (κ2) is 6.71. The van der Waals surface area contributed by atoms with Crippen LogP contribution < -0.4 is 11.3 Å². The molecule has 3 N–H and O–H groups in total. The maximum Gasteiger partial charge on any atom is 0.116 e. The Labute approximate surface area is 114 Å². The van der Waals surface area contributed by atoms with Crippen LogP contribution in [0.2, 0.25) is 0 Å². The molecule has 0 radical (unpaired) electrons. The van der Waals surface area contributed by atoms with Gasteiger partial charge in [0.1, 0.15) is 5.84 Å². The number of nitrogens with zero attached hydrogens (tertiary/aromatic N) is 1. The molecule has 3 nitrogen and oxygen atoms in total. The van der Waals surface area contributed by atoms with E-state index in [1.165, 1.54) is 11.1 Å². The van der Waals surface area contributed by atoms with E-state index in [1.807, 2.05) is 30.3 Å². The van der Waals surface area contributed by atoms with Crippen molar-refractivity contribution in [3.8, 4) is 0 Å². The summed E-state index contributed by atoms with van der Waals surface area (Å²) >= 11 is 0. The van der Waals surface area contributed by atoms with Gasteiger partial charge in [-0.15, -0.1) is 0 Å². The quantitative estimate of drug-likeness (QED) is 0.381. The molecule has 0 aliphatic rings. The number of hydrazine groups is 1. The zero-order valence-electron chi connectivity index (χ0n) is 11.1. The summed E-state index contributed by atoms with van der Waals surface area (Å²) in [5, 5.41) is 0. The lowest BCUT2D eigenvalue weighted by Gasteiger charge is -2.08. The molecule has 0 amide bonds. The van der Waals surface area contributed by atoms with Crippen LogP contribution in [-0.4, -0.2) is 5.84 Å². The number of aryl methyl sites for hydroxylation is 2. The minimum absolute atomic E-state index is 0.800. The first-order chi connectivity index (χ1) is 9.29. The highest BCUT2D eigenvalue weighted by Gasteiger charge is 2.01. The fourth-order valence-corrected chi connectivity index (χ4v) is 1.96. The molecule has 0 saturated carbocycles. The molecule has 2 aromatic rings. The molecular formula is C16H19N3. The molecule has 0 unspecified atom stereocenters. The van der Waals surface area contributed by atoms with E-state index in [0.717, 1.165) is 24.4 Å². The standard InChI is InChI=1S/C16H19N3/c1-13-7-5-6-8-14(13)11-12-16(19-17)18-15-9-3-2-4-10-15/h2-10H,11-12,17H2,1H3,(H,18,19). The van der Waals surface area contributed by atoms with Crippen LogP contribution in [0.15, 0.2) is 59.6 Å². The van der Waals surface area contributed by atoms with Crippen molar-refractivity contribution in [3.63, 3.8) is 0 Å². The first kappa shape index (κ1) is 13.3. The summed E-state index contributed by atoms with van der Waals surface area (Å²) in [5.74, 6) is 6.34. The van der Waals surface area contributed by atoms with Crippen molar-refractivity contribution in [1.82, 2.24) is 5.43 Å². The van der Waals surface area contributed by atoms with Crippen LogP contribution >= 0.6 is 0 Å². The van der Waals surface area contributed by atoms with Gasteiger partial charge in [-0.05, 0) is 36.6 Å². The summed E-state index contributed by atoms with van der Waals surface area (Å²) in [4.78, 5) is 4.50. The van der Waals surface area contributed by atoms with Crippen LogP contribution in [0.3, 0.4) is 0 Å². The van der Waals surface area contributed by atoms with Gasteiger partial charge < -0.3 is 5.43 Å². The van der Waals surface area contributed by atoms with Crippen molar-refractivity contribution in [1.29, 1.82) is 0 Å². The molecule has 0 saturated heterocycles. The van der Waals surface area contributed by atoms with Gasteiger partial charge in [0.2, 0.25) is 0 Å². The Hall–Kier alpha value is -2.13. The van der Waals surface area contributed by atoms with E-state index in [2.05, 4.69) is 41.6 Å². The van der Waals surface area contributed by atoms with Crippen LogP contribution in [0.4, 0.5) is 5.69 Å². The van der Waals surface area contributed by atoms with Gasteiger partial charge in [0.15, 0.2) is 0 Å². The van der Waals surface area contributed by atoms with Gasteiger partial charge in [0.05, 0.1) is 5.69 Å². The fourth-order valence-electron chi connectivity index (χ4n) is 1.96. The van der Waals surface area contributed by atoms with Gasteiger partial charge in [0.25, 0.3) is 0 Å². The van der Waals surface area contributed by atoms with Gasteiger partial charge in [-0.2, -0.15) is 0 Å². The van der Waals surface area contributed by atoms with E-state index in [9.17, 15) is 0 Å². The van der Waals surface area contributed by atoms with Crippen LogP contribution in [0.5, 0.6) is 0 Å². The van der Waals surface area contributed by atoms with E-state index in [-0.39, 0.29) is 0 Å². The Morgan fingerprint density at radius 1 is 1.05 bits per heavy atom. The summed E-state index contributed by atoms with van der Waals surface area (Å²) in [5.41, 5.74) is 6.24. The third kappa shape index (κ3) is 3.93. The highest BCUT2D eigenvalue weighted by Crippen LogP contribution is 2.13. The van der Waals surface area contributed by atoms with Crippen molar-refractivity contribution in [2.75, 3.05) is 0 Å². The smallest absolute Gasteiger partial charge is 0.116 e. The lowest BCUT2D eigenvalue weighted by Crippen LogP contribution is -2.30. The average molecular weight is 253 g/mol. The molecule has 0 fully saturated rings. The van der Waals surface area contributed by atoms with E-state index >= 15 is 0 Å². The average Bonchev–Trinajstić information content (AvgIpc) is 2.46. The number of rotatable bonds is 4. The number of benzene rings is 2. The highest BCUT2D eigenvalue weighted by molar-refractivity contribution is 5.84. The van der Waals surface area contributed by atoms with Crippen LogP contribution in [0.1, 0.15) is 17.5 Å². The molecule has 0 aliphatic heterocycles. The maximum atomic E-state index is 5.54. The molecule has 19 heavy (non-hydrogen) atoms. The molecule has 0 aliphatic carbocycles. The molecular weight excluding hydrogens is 234 g/mol. The maximum absolute atomic E-state index is 5.54. The number of amidine groups is 1. The molecule has 3 heteroatoms. The lowest BCUT2D eigenvalue weighted by molar-refractivity contribution is 0.923. The van der Waals surface area contributed by atoms with Gasteiger partial charge >= 0.3 is 0 Å². The fraction of sp³-hybridized carbons (Fsp3) is 0.188. The molecule has 2 rings (SSSR count). The van der Waals surface area contributed by atoms with Crippen LogP contribution in [-0.2, 0) is 6.42 Å². The second-order valence-corrected chi connectivity index (χ2v) is 4.46. The largest absolute Gasteiger partial charge is 0.312 e. The van der Waals surface area contributed by atoms with Crippen molar-refractivity contribution >= 4 is 11.5 Å². The van der Waals surface area contributed by atoms with E-state index in [1.54, 1.807) is 0 Å². The van der Waals surface area contributed by atoms with Gasteiger partial charge in [-0.1, -0.05) is 42.5 Å². The highest BCUT2D eigenvalue weighted by atomic mass is 15.2. The Morgan fingerprint density at radius 2 is 1.74 bits per heavy atom. The molecule has 0 bridgehead atoms. The minimum Gasteiger partial charge on any atom is -0.312 e. The van der Waals surface area contributed by atoms with E-state index in [4.69, 9.17) is 5.84 Å². The summed E-state index contributed by atoms with van der Waals surface area (Å²) in [7, 11) is 0. The van der Waals surface area contributed by atoms with Crippen LogP contribution in [0, 0.1) is 6.92 Å². The predicted molar refractivity (Wildman–Crippen MR) is 80.4 cm³/mol. The summed E-state index contributed by atoms with van der Waals surface area (Å²) in [6, 6.07) is 18.2. The Kier molecular flexibility index (Phi) is 4.70. The molecule has 2 aromatic carbocycles. The molecule has 0 atom stereocenters. The minimum atomic E-state index is 0.800. The van der Waals surface area contributed by atoms with Gasteiger partial charge in [-0.25, -0.2) is 10.8 Å². The molecule has 98 valence electrons. The number of hydrogen-bond donors (Lipinski definition) is 2. The number of hydrogen-bond acceptors (Lipinski definition) is 2. The third-order valence-electron chi connectivity index (χ3n) is 3.08. The van der Waals surface area contributed by atoms with Crippen molar-refractivity contribution in [2.45, 2.75) is 19.8 Å². The number of nitrogens with two attached hydrogens (primary N) is 1. The molecule has 0 aromatic heterocycles. The summed E-state index contributed by atoms with van der Waals surface area (Å²) in [6.07, 6.45) is 1.73. The number of nitrogens with one attached hydrogen (secondary N) is 1. The predicted octanol–water partition coefficient (Wildman–Crippen LogP) is 3.12. The second-order valence-electron chi connectivity index (χ2n) is 4.46. The first-order valence-corrected chi connectivity index (χ1v) is 6.43. The third-order valence-corrected chi connectivity index (χ3v) is 3.08. The van der Waals surface area contributed by atoms with Gasteiger partial charge in [-0.3, -0.25) is 0 Å². The van der Waals surface area contributed by atoms with Gasteiger partial charge in [0, 0.05) is 6.42 Å².